The van der Waals surface area contributed by atoms with Crippen molar-refractivity contribution in [1.82, 2.24) is 10.2 Å². The first-order chi connectivity index (χ1) is 16.1. The maximum absolute atomic E-state index is 13.0. The van der Waals surface area contributed by atoms with Gasteiger partial charge in [-0.05, 0) is 42.7 Å². The lowest BCUT2D eigenvalue weighted by Crippen LogP contribution is -2.73. The highest BCUT2D eigenvalue weighted by atomic mass is 16.6. The van der Waals surface area contributed by atoms with E-state index >= 15 is 0 Å². The second-order valence-electron chi connectivity index (χ2n) is 10.2. The number of methoxy groups -OCH3 is 3. The van der Waals surface area contributed by atoms with Gasteiger partial charge in [0, 0.05) is 17.0 Å². The third-order valence-corrected chi connectivity index (χ3v) is 8.71. The van der Waals surface area contributed by atoms with Crippen LogP contribution in [-0.2, 0) is 25.6 Å². The molecule has 34 heavy (non-hydrogen) atoms. The molecule has 0 radical (unpaired) electrons. The SMILES string of the molecule is COC(=O)[C@@H]1[C@H](NC(=O)OC2CC3CCC2(C)C3(C)C)C(=O)N1Cc1ccc(OC)cc1OC. The number of amides is 2. The van der Waals surface area contributed by atoms with Gasteiger partial charge in [0.1, 0.15) is 23.6 Å². The molecule has 186 valence electrons. The summed E-state index contributed by atoms with van der Waals surface area (Å²) in [5, 5.41) is 2.62. The zero-order chi connectivity index (χ0) is 24.8. The number of alkyl carbamates (subject to hydrolysis) is 1. The number of fused-ring (bicyclic) bond motifs is 2. The van der Waals surface area contributed by atoms with Gasteiger partial charge in [0.25, 0.3) is 0 Å². The van der Waals surface area contributed by atoms with Crippen LogP contribution in [0, 0.1) is 16.7 Å². The van der Waals surface area contributed by atoms with Gasteiger partial charge in [0.2, 0.25) is 5.91 Å². The first kappa shape index (κ1) is 24.2. The van der Waals surface area contributed by atoms with Gasteiger partial charge < -0.3 is 29.2 Å². The minimum Gasteiger partial charge on any atom is -0.497 e. The lowest BCUT2D eigenvalue weighted by Gasteiger charge is -2.45. The summed E-state index contributed by atoms with van der Waals surface area (Å²) in [5.41, 5.74) is 0.688. The number of esters is 1. The lowest BCUT2D eigenvalue weighted by molar-refractivity contribution is -0.169. The lowest BCUT2D eigenvalue weighted by atomic mass is 9.70. The molecule has 2 bridgehead atoms. The monoisotopic (exact) mass is 474 g/mol. The number of benzene rings is 1. The van der Waals surface area contributed by atoms with Gasteiger partial charge in [-0.1, -0.05) is 20.8 Å². The van der Waals surface area contributed by atoms with Crippen LogP contribution in [0.2, 0.25) is 0 Å². The maximum Gasteiger partial charge on any atom is 0.408 e. The summed E-state index contributed by atoms with van der Waals surface area (Å²) >= 11 is 0. The normalized spacial score (nSPS) is 31.0. The molecule has 3 fully saturated rings. The number of nitrogens with one attached hydrogen (secondary N) is 1. The number of β-lactam (4-membered cyclic amide) rings is 1. The fourth-order valence-corrected chi connectivity index (χ4v) is 6.01. The fourth-order valence-electron chi connectivity index (χ4n) is 6.01. The molecule has 1 heterocycles. The average Bonchev–Trinajstić information content (AvgIpc) is 3.16. The molecule has 9 nitrogen and oxygen atoms in total. The Kier molecular flexibility index (Phi) is 6.16. The van der Waals surface area contributed by atoms with Crippen LogP contribution in [0.25, 0.3) is 0 Å². The Balaban J connectivity index is 1.44. The summed E-state index contributed by atoms with van der Waals surface area (Å²) in [6, 6.07) is 3.23. The largest absolute Gasteiger partial charge is 0.497 e. The Morgan fingerprint density at radius 3 is 2.44 bits per heavy atom. The van der Waals surface area contributed by atoms with Crippen LogP contribution in [0.3, 0.4) is 0 Å². The molecule has 1 aromatic rings. The van der Waals surface area contributed by atoms with E-state index in [-0.39, 0.29) is 29.4 Å². The van der Waals surface area contributed by atoms with E-state index in [0.29, 0.717) is 23.0 Å². The molecule has 2 saturated carbocycles. The van der Waals surface area contributed by atoms with E-state index in [0.717, 1.165) is 19.3 Å². The predicted octanol–water partition coefficient (Wildman–Crippen LogP) is 2.90. The van der Waals surface area contributed by atoms with E-state index in [4.69, 9.17) is 18.9 Å². The Hall–Kier alpha value is -2.97. The zero-order valence-corrected chi connectivity index (χ0v) is 20.7. The standard InChI is InChI=1S/C25H34N2O7/c1-24(2)15-9-10-25(24,3)18(11-15)34-23(30)26-19-20(22(29)33-6)27(21(19)28)13-14-7-8-16(31-4)12-17(14)32-5/h7-8,12,15,18-20H,9-11,13H2,1-6H3,(H,26,30)/t15?,18?,19-,20-,25?/m0/s1. The molecule has 4 rings (SSSR count). The Bertz CT molecular complexity index is 993. The van der Waals surface area contributed by atoms with Crippen molar-refractivity contribution in [2.24, 2.45) is 16.7 Å². The molecule has 5 atom stereocenters. The highest BCUT2D eigenvalue weighted by Gasteiger charge is 2.63. The maximum atomic E-state index is 13.0. The van der Waals surface area contributed by atoms with E-state index in [1.54, 1.807) is 25.3 Å². The molecule has 1 N–H and O–H groups in total. The van der Waals surface area contributed by atoms with Gasteiger partial charge in [0.15, 0.2) is 6.04 Å². The molecule has 0 aromatic heterocycles. The number of rotatable bonds is 7. The molecule has 0 spiro atoms. The fraction of sp³-hybridized carbons (Fsp3) is 0.640. The number of likely N-dealkylation sites (tertiary alicyclic amines) is 1. The van der Waals surface area contributed by atoms with Crippen molar-refractivity contribution < 1.29 is 33.3 Å². The molecule has 1 saturated heterocycles. The zero-order valence-electron chi connectivity index (χ0n) is 20.7. The van der Waals surface area contributed by atoms with Crippen LogP contribution >= 0.6 is 0 Å². The van der Waals surface area contributed by atoms with Gasteiger partial charge in [-0.25, -0.2) is 9.59 Å². The third kappa shape index (κ3) is 3.65. The number of carbonyl (C=O) groups is 3. The number of nitrogens with zero attached hydrogens (tertiary/aromatic N) is 1. The van der Waals surface area contributed by atoms with Crippen molar-refractivity contribution >= 4 is 18.0 Å². The highest BCUT2D eigenvalue weighted by molar-refractivity contribution is 6.01. The topological polar surface area (TPSA) is 103 Å². The number of hydrogen-bond donors (Lipinski definition) is 1. The Labute approximate surface area is 200 Å². The number of carbonyl (C=O) groups excluding carboxylic acids is 3. The predicted molar refractivity (Wildman–Crippen MR) is 122 cm³/mol. The van der Waals surface area contributed by atoms with Crippen molar-refractivity contribution in [3.8, 4) is 11.5 Å². The summed E-state index contributed by atoms with van der Waals surface area (Å²) in [7, 11) is 4.32. The number of ether oxygens (including phenoxy) is 4. The van der Waals surface area contributed by atoms with Crippen molar-refractivity contribution in [1.29, 1.82) is 0 Å². The Morgan fingerprint density at radius 2 is 1.88 bits per heavy atom. The minimum absolute atomic E-state index is 0.0903. The quantitative estimate of drug-likeness (QED) is 0.479. The first-order valence-corrected chi connectivity index (χ1v) is 11.6. The van der Waals surface area contributed by atoms with Gasteiger partial charge >= 0.3 is 12.1 Å². The first-order valence-electron chi connectivity index (χ1n) is 11.6. The number of hydrogen-bond acceptors (Lipinski definition) is 7. The van der Waals surface area contributed by atoms with Crippen molar-refractivity contribution in [3.05, 3.63) is 23.8 Å². The van der Waals surface area contributed by atoms with Gasteiger partial charge in [-0.3, -0.25) is 4.79 Å². The smallest absolute Gasteiger partial charge is 0.408 e. The van der Waals surface area contributed by atoms with Gasteiger partial charge in [0.05, 0.1) is 27.9 Å². The molecular formula is C25H34N2O7. The van der Waals surface area contributed by atoms with Gasteiger partial charge in [-0.15, -0.1) is 0 Å². The van der Waals surface area contributed by atoms with E-state index in [1.165, 1.54) is 19.1 Å². The summed E-state index contributed by atoms with van der Waals surface area (Å²) in [4.78, 5) is 39.6. The highest BCUT2D eigenvalue weighted by Crippen LogP contribution is 2.66. The summed E-state index contributed by atoms with van der Waals surface area (Å²) in [5.74, 6) is 0.659. The average molecular weight is 475 g/mol. The van der Waals surface area contributed by atoms with Gasteiger partial charge in [-0.2, -0.15) is 0 Å². The molecule has 3 aliphatic rings. The van der Waals surface area contributed by atoms with E-state index in [1.807, 2.05) is 0 Å². The van der Waals surface area contributed by atoms with Crippen LogP contribution in [0.4, 0.5) is 4.79 Å². The molecule has 3 unspecified atom stereocenters. The summed E-state index contributed by atoms with van der Waals surface area (Å²) in [6.07, 6.45) is 2.07. The second-order valence-corrected chi connectivity index (χ2v) is 10.2. The van der Waals surface area contributed by atoms with Crippen LogP contribution in [-0.4, -0.2) is 62.4 Å². The minimum atomic E-state index is -1.04. The summed E-state index contributed by atoms with van der Waals surface area (Å²) in [6.45, 7) is 6.77. The van der Waals surface area contributed by atoms with Crippen LogP contribution in [0.15, 0.2) is 18.2 Å². The molecule has 2 amide bonds. The molecular weight excluding hydrogens is 440 g/mol. The Morgan fingerprint density at radius 1 is 1.15 bits per heavy atom. The molecule has 1 aliphatic heterocycles. The van der Waals surface area contributed by atoms with Crippen molar-refractivity contribution in [2.75, 3.05) is 21.3 Å². The van der Waals surface area contributed by atoms with Crippen LogP contribution in [0.1, 0.15) is 45.6 Å². The van der Waals surface area contributed by atoms with Crippen molar-refractivity contribution in [3.63, 3.8) is 0 Å². The van der Waals surface area contributed by atoms with E-state index in [2.05, 4.69) is 26.1 Å². The summed E-state index contributed by atoms with van der Waals surface area (Å²) < 4.78 is 21.3. The molecule has 2 aliphatic carbocycles. The third-order valence-electron chi connectivity index (χ3n) is 8.71. The molecule has 9 heteroatoms. The van der Waals surface area contributed by atoms with E-state index < -0.39 is 24.1 Å². The van der Waals surface area contributed by atoms with Crippen LogP contribution < -0.4 is 14.8 Å². The van der Waals surface area contributed by atoms with E-state index in [9.17, 15) is 14.4 Å². The van der Waals surface area contributed by atoms with Crippen LogP contribution in [0.5, 0.6) is 11.5 Å². The van der Waals surface area contributed by atoms with Crippen molar-refractivity contribution in [2.45, 2.75) is 64.8 Å². The molecule has 1 aromatic carbocycles. The second kappa shape index (κ2) is 8.67.